The molecule has 8 rings (SSSR count). The molecule has 0 aliphatic heterocycles. The van der Waals surface area contributed by atoms with Crippen LogP contribution in [0.25, 0.3) is 62.6 Å². The predicted molar refractivity (Wildman–Crippen MR) is 173 cm³/mol. The van der Waals surface area contributed by atoms with E-state index in [9.17, 15) is 0 Å². The van der Waals surface area contributed by atoms with Crippen LogP contribution in [0, 0.1) is 0 Å². The lowest BCUT2D eigenvalue weighted by Gasteiger charge is -2.16. The van der Waals surface area contributed by atoms with Gasteiger partial charge < -0.3 is 5.32 Å². The third-order valence-electron chi connectivity index (χ3n) is 7.48. The topological polar surface area (TPSA) is 12.0 Å². The fraction of sp³-hybridized carbons (Fsp3) is 0. The Kier molecular flexibility index (Phi) is 5.25. The third kappa shape index (κ3) is 3.74. The Balaban J connectivity index is 1.34. The lowest BCUT2D eigenvalue weighted by Crippen LogP contribution is -1.93. The molecule has 0 unspecified atom stereocenters. The number of hydrogen-bond acceptors (Lipinski definition) is 3. The van der Waals surface area contributed by atoms with E-state index in [4.69, 9.17) is 0 Å². The van der Waals surface area contributed by atoms with Gasteiger partial charge in [0.2, 0.25) is 0 Å². The van der Waals surface area contributed by atoms with Gasteiger partial charge in [-0.05, 0) is 58.7 Å². The van der Waals surface area contributed by atoms with Crippen molar-refractivity contribution < 1.29 is 0 Å². The number of rotatable bonds is 4. The average Bonchev–Trinajstić information content (AvgIpc) is 3.57. The monoisotopic (exact) mass is 533 g/mol. The molecule has 1 nitrogen and oxygen atoms in total. The summed E-state index contributed by atoms with van der Waals surface area (Å²) < 4.78 is 5.25. The Morgan fingerprint density at radius 3 is 2.00 bits per heavy atom. The van der Waals surface area contributed by atoms with Gasteiger partial charge in [0.15, 0.2) is 0 Å². The molecule has 0 amide bonds. The Hall–Kier alpha value is -4.44. The van der Waals surface area contributed by atoms with Crippen LogP contribution >= 0.6 is 22.7 Å². The zero-order valence-electron chi connectivity index (χ0n) is 21.0. The van der Waals surface area contributed by atoms with Crippen molar-refractivity contribution >= 4 is 74.4 Å². The molecule has 0 radical (unpaired) electrons. The van der Waals surface area contributed by atoms with E-state index < -0.39 is 0 Å². The van der Waals surface area contributed by atoms with E-state index >= 15 is 0 Å². The van der Waals surface area contributed by atoms with Crippen molar-refractivity contribution in [1.29, 1.82) is 0 Å². The number of nitrogens with one attached hydrogen (secondary N) is 1. The highest BCUT2D eigenvalue weighted by Gasteiger charge is 2.16. The van der Waals surface area contributed by atoms with Crippen LogP contribution in [0.5, 0.6) is 0 Å². The van der Waals surface area contributed by atoms with E-state index in [1.807, 2.05) is 22.7 Å². The van der Waals surface area contributed by atoms with Crippen LogP contribution in [0.1, 0.15) is 0 Å². The second-order valence-electron chi connectivity index (χ2n) is 9.81. The van der Waals surface area contributed by atoms with Gasteiger partial charge in [-0.3, -0.25) is 0 Å². The van der Waals surface area contributed by atoms with E-state index in [0.717, 1.165) is 11.4 Å². The summed E-state index contributed by atoms with van der Waals surface area (Å²) in [4.78, 5) is 0. The minimum absolute atomic E-state index is 1.09. The second kappa shape index (κ2) is 9.09. The molecule has 0 bridgehead atoms. The zero-order chi connectivity index (χ0) is 25.8. The predicted octanol–water partition coefficient (Wildman–Crippen LogP) is 11.5. The number of hydrogen-bond donors (Lipinski definition) is 1. The van der Waals surface area contributed by atoms with Crippen LogP contribution in [0.4, 0.5) is 11.4 Å². The van der Waals surface area contributed by atoms with Crippen molar-refractivity contribution in [1.82, 2.24) is 0 Å². The average molecular weight is 534 g/mol. The summed E-state index contributed by atoms with van der Waals surface area (Å²) in [7, 11) is 0. The minimum atomic E-state index is 1.09. The molecule has 6 aromatic carbocycles. The molecule has 0 spiro atoms. The van der Waals surface area contributed by atoms with Gasteiger partial charge in [-0.15, -0.1) is 22.7 Å². The van der Waals surface area contributed by atoms with Crippen LogP contribution in [0.15, 0.2) is 133 Å². The molecule has 8 aromatic rings. The largest absolute Gasteiger partial charge is 0.354 e. The Morgan fingerprint density at radius 1 is 0.436 bits per heavy atom. The van der Waals surface area contributed by atoms with E-state index in [1.165, 1.54) is 62.6 Å². The Labute approximate surface area is 234 Å². The first-order chi connectivity index (χ1) is 19.3. The molecule has 0 aliphatic rings. The molecule has 0 aliphatic carbocycles. The van der Waals surface area contributed by atoms with Crippen LogP contribution in [-0.2, 0) is 0 Å². The highest BCUT2D eigenvalue weighted by atomic mass is 32.1. The van der Waals surface area contributed by atoms with E-state index in [-0.39, 0.29) is 0 Å². The molecule has 2 heterocycles. The summed E-state index contributed by atoms with van der Waals surface area (Å²) in [6, 6.07) is 48.3. The van der Waals surface area contributed by atoms with Crippen molar-refractivity contribution in [3.05, 3.63) is 133 Å². The van der Waals surface area contributed by atoms with Gasteiger partial charge in [-0.25, -0.2) is 0 Å². The van der Waals surface area contributed by atoms with E-state index in [0.29, 0.717) is 0 Å². The summed E-state index contributed by atoms with van der Waals surface area (Å²) in [6.07, 6.45) is 0. The molecular formula is C36H23NS2. The van der Waals surface area contributed by atoms with Crippen molar-refractivity contribution in [3.63, 3.8) is 0 Å². The van der Waals surface area contributed by atoms with Crippen molar-refractivity contribution in [2.24, 2.45) is 0 Å². The van der Waals surface area contributed by atoms with Crippen LogP contribution in [0.3, 0.4) is 0 Å². The fourth-order valence-electron chi connectivity index (χ4n) is 5.71. The lowest BCUT2D eigenvalue weighted by molar-refractivity contribution is 1.56. The summed E-state index contributed by atoms with van der Waals surface area (Å²) in [5.74, 6) is 0. The molecular weight excluding hydrogens is 511 g/mol. The Morgan fingerprint density at radius 2 is 1.13 bits per heavy atom. The van der Waals surface area contributed by atoms with Crippen LogP contribution in [0.2, 0.25) is 0 Å². The molecule has 184 valence electrons. The van der Waals surface area contributed by atoms with Gasteiger partial charge in [0.25, 0.3) is 0 Å². The third-order valence-corrected chi connectivity index (χ3v) is 9.84. The number of anilines is 2. The van der Waals surface area contributed by atoms with Gasteiger partial charge in [0.1, 0.15) is 0 Å². The lowest BCUT2D eigenvalue weighted by atomic mass is 9.91. The van der Waals surface area contributed by atoms with Gasteiger partial charge in [0.05, 0.1) is 10.4 Å². The van der Waals surface area contributed by atoms with Crippen LogP contribution in [-0.4, -0.2) is 0 Å². The van der Waals surface area contributed by atoms with Crippen LogP contribution < -0.4 is 5.32 Å². The van der Waals surface area contributed by atoms with E-state index in [1.54, 1.807) is 0 Å². The zero-order valence-corrected chi connectivity index (χ0v) is 22.7. The molecule has 0 saturated carbocycles. The summed E-state index contributed by atoms with van der Waals surface area (Å²) in [5, 5.41) is 9.06. The van der Waals surface area contributed by atoms with Gasteiger partial charge in [-0.1, -0.05) is 97.1 Å². The first-order valence-electron chi connectivity index (χ1n) is 13.1. The second-order valence-corrected chi connectivity index (χ2v) is 11.9. The molecule has 0 atom stereocenters. The first-order valence-corrected chi connectivity index (χ1v) is 14.7. The SMILES string of the molecule is c1ccc(-c2ccc(Nc3cccc4c3sc3ccccc34)cc2-c2cccc3sc4ccccc4c23)cc1. The quantitative estimate of drug-likeness (QED) is 0.237. The number of fused-ring (bicyclic) bond motifs is 6. The normalized spacial score (nSPS) is 11.6. The molecule has 3 heteroatoms. The molecule has 2 aromatic heterocycles. The molecule has 0 fully saturated rings. The number of thiophene rings is 2. The summed E-state index contributed by atoms with van der Waals surface area (Å²) in [6.45, 7) is 0. The van der Waals surface area contributed by atoms with Crippen molar-refractivity contribution in [2.45, 2.75) is 0 Å². The number of benzene rings is 6. The molecule has 39 heavy (non-hydrogen) atoms. The summed E-state index contributed by atoms with van der Waals surface area (Å²) >= 11 is 3.72. The standard InChI is InChI=1S/C36H23NS2/c1-2-10-23(11-3-1)25-21-20-24(37-31-16-8-15-28-26-12-4-6-17-32(26)39-36(28)31)22-30(25)27-14-9-19-34-35(27)29-13-5-7-18-33(29)38-34/h1-22,37H. The van der Waals surface area contributed by atoms with Gasteiger partial charge in [0, 0.05) is 41.3 Å². The smallest absolute Gasteiger partial charge is 0.0590 e. The maximum absolute atomic E-state index is 3.79. The minimum Gasteiger partial charge on any atom is -0.354 e. The maximum atomic E-state index is 3.79. The fourth-order valence-corrected chi connectivity index (χ4v) is 8.02. The van der Waals surface area contributed by atoms with Crippen molar-refractivity contribution in [3.8, 4) is 22.3 Å². The van der Waals surface area contributed by atoms with Gasteiger partial charge in [-0.2, -0.15) is 0 Å². The first kappa shape index (κ1) is 22.5. The van der Waals surface area contributed by atoms with Crippen molar-refractivity contribution in [2.75, 3.05) is 5.32 Å². The molecule has 0 saturated heterocycles. The highest BCUT2D eigenvalue weighted by Crippen LogP contribution is 2.44. The molecule has 1 N–H and O–H groups in total. The Bertz CT molecular complexity index is 2150. The highest BCUT2D eigenvalue weighted by molar-refractivity contribution is 7.26. The van der Waals surface area contributed by atoms with Gasteiger partial charge >= 0.3 is 0 Å². The maximum Gasteiger partial charge on any atom is 0.0590 e. The summed E-state index contributed by atoms with van der Waals surface area (Å²) in [5.41, 5.74) is 7.21. The van der Waals surface area contributed by atoms with E-state index in [2.05, 4.69) is 139 Å².